The summed E-state index contributed by atoms with van der Waals surface area (Å²) in [6, 6.07) is -6.28. The van der Waals surface area contributed by atoms with E-state index in [1.54, 1.807) is 0 Å². The second kappa shape index (κ2) is 31.6. The Kier molecular flexibility index (Phi) is 27.0. The van der Waals surface area contributed by atoms with Gasteiger partial charge in [-0.1, -0.05) is 12.1 Å². The zero-order chi connectivity index (χ0) is 53.8. The number of phenolic OH excluding ortho intramolecular Hbond substituents is 1. The Hall–Kier alpha value is -8.39. The van der Waals surface area contributed by atoms with Crippen molar-refractivity contribution in [2.75, 3.05) is 39.4 Å². The molecule has 71 heavy (non-hydrogen) atoms. The number of benzene rings is 1. The molecular formula is C39H61N15O17. The fraction of sp³-hybridized carbons (Fsp3) is 0.513. The highest BCUT2D eigenvalue weighted by Crippen LogP contribution is 2.13. The molecule has 0 aliphatic heterocycles. The molecule has 394 valence electrons. The van der Waals surface area contributed by atoms with Crippen molar-refractivity contribution in [2.24, 2.45) is 38.7 Å². The molecule has 0 unspecified atom stereocenters. The average Bonchev–Trinajstić information content (AvgIpc) is 3.29. The Bertz CT molecular complexity index is 2100. The van der Waals surface area contributed by atoms with E-state index in [2.05, 4.69) is 36.6 Å². The standard InChI is InChI=1S/C39H61N15O17/c40-20(16-55)31(64)52-24(12-29(60)61)33(66)48-14-27(58)49-22(4-2-10-46-39(43)44)34(67)53-23(11-18-5-7-19(57)8-6-18)35(68)51-21(3-1-9-45-38(41)42)32(65)47-15-28(59)50-25(13-30(62)63)36(69)54-26(17-56)37(70)71/h5-8,20-26,55-57H,1-4,9-17,40H2,(H,47,65)(H,48,66)(H,49,58)(H,50,59)(H,51,68)(H,52,64)(H,53,67)(H,54,69)(H,60,61)(H,62,63)(H,70,71)(H4,41,42,45)(H4,43,44,46)/t20-,21-,22-,23-,24-,25-,26-/m0/s1. The summed E-state index contributed by atoms with van der Waals surface area (Å²) in [4.78, 5) is 147. The lowest BCUT2D eigenvalue weighted by Gasteiger charge is -2.26. The van der Waals surface area contributed by atoms with Crippen LogP contribution in [0.4, 0.5) is 0 Å². The quantitative estimate of drug-likeness (QED) is 0.0177. The van der Waals surface area contributed by atoms with Crippen LogP contribution < -0.4 is 71.2 Å². The first-order valence-electron chi connectivity index (χ1n) is 21.2. The van der Waals surface area contributed by atoms with Crippen LogP contribution >= 0.6 is 0 Å². The third-order valence-electron chi connectivity index (χ3n) is 9.40. The Morgan fingerprint density at radius 3 is 1.35 bits per heavy atom. The molecule has 0 heterocycles. The van der Waals surface area contributed by atoms with Crippen molar-refractivity contribution < 1.29 is 83.4 Å². The molecule has 0 saturated carbocycles. The molecule has 0 aliphatic carbocycles. The van der Waals surface area contributed by atoms with Crippen LogP contribution in [0.25, 0.3) is 0 Å². The molecule has 32 nitrogen and oxygen atoms in total. The summed E-state index contributed by atoms with van der Waals surface area (Å²) < 4.78 is 0. The third-order valence-corrected chi connectivity index (χ3v) is 9.40. The van der Waals surface area contributed by atoms with Gasteiger partial charge in [0.1, 0.15) is 48.0 Å². The number of nitrogens with two attached hydrogens (primary N) is 5. The number of rotatable bonds is 33. The van der Waals surface area contributed by atoms with Gasteiger partial charge >= 0.3 is 17.9 Å². The highest BCUT2D eigenvalue weighted by atomic mass is 16.4. The second-order valence-corrected chi connectivity index (χ2v) is 15.2. The summed E-state index contributed by atoms with van der Waals surface area (Å²) in [5.74, 6) is -14.3. The molecule has 0 bridgehead atoms. The summed E-state index contributed by atoms with van der Waals surface area (Å²) >= 11 is 0. The van der Waals surface area contributed by atoms with Gasteiger partial charge in [-0.3, -0.25) is 57.9 Å². The van der Waals surface area contributed by atoms with Crippen LogP contribution in [0.5, 0.6) is 5.75 Å². The number of hydrogen-bond acceptors (Lipinski definition) is 17. The minimum atomic E-state index is -1.88. The summed E-state index contributed by atoms with van der Waals surface area (Å²) in [6.07, 6.45) is -2.69. The molecule has 1 rings (SSSR count). The van der Waals surface area contributed by atoms with E-state index in [-0.39, 0.29) is 62.9 Å². The van der Waals surface area contributed by atoms with Crippen molar-refractivity contribution in [1.82, 2.24) is 42.5 Å². The topological polar surface area (TPSA) is 560 Å². The van der Waals surface area contributed by atoms with Crippen LogP contribution in [0.1, 0.15) is 44.1 Å². The van der Waals surface area contributed by atoms with E-state index >= 15 is 0 Å². The molecule has 0 radical (unpaired) electrons. The van der Waals surface area contributed by atoms with Crippen molar-refractivity contribution in [2.45, 2.75) is 87.2 Å². The summed E-state index contributed by atoms with van der Waals surface area (Å²) in [7, 11) is 0. The molecule has 24 N–H and O–H groups in total. The van der Waals surface area contributed by atoms with Crippen molar-refractivity contribution in [3.8, 4) is 5.75 Å². The largest absolute Gasteiger partial charge is 0.508 e. The zero-order valence-electron chi connectivity index (χ0n) is 38.0. The maximum Gasteiger partial charge on any atom is 0.328 e. The molecule has 0 fully saturated rings. The highest BCUT2D eigenvalue weighted by molar-refractivity contribution is 5.98. The van der Waals surface area contributed by atoms with Crippen LogP contribution in [-0.4, -0.2) is 189 Å². The lowest BCUT2D eigenvalue weighted by molar-refractivity contribution is -0.144. The lowest BCUT2D eigenvalue weighted by Crippen LogP contribution is -2.58. The normalized spacial score (nSPS) is 13.6. The van der Waals surface area contributed by atoms with Gasteiger partial charge in [0, 0.05) is 19.5 Å². The molecular weight excluding hydrogens is 951 g/mol. The number of aliphatic imine (C=N–C) groups is 2. The number of carbonyl (C=O) groups is 11. The fourth-order valence-corrected chi connectivity index (χ4v) is 5.83. The van der Waals surface area contributed by atoms with Gasteiger partial charge in [-0.2, -0.15) is 0 Å². The number of carbonyl (C=O) groups excluding carboxylic acids is 8. The number of aliphatic hydroxyl groups excluding tert-OH is 2. The Labute approximate surface area is 403 Å². The van der Waals surface area contributed by atoms with E-state index < -0.39 is 147 Å². The van der Waals surface area contributed by atoms with E-state index in [0.717, 1.165) is 0 Å². The Balaban J connectivity index is 3.46. The molecule has 0 aromatic heterocycles. The number of nitrogens with one attached hydrogen (secondary N) is 8. The highest BCUT2D eigenvalue weighted by Gasteiger charge is 2.32. The number of nitrogens with zero attached hydrogens (tertiary/aromatic N) is 2. The maximum absolute atomic E-state index is 14.1. The molecule has 1 aromatic rings. The van der Waals surface area contributed by atoms with E-state index in [0.29, 0.717) is 5.56 Å². The minimum absolute atomic E-state index is 0.0218. The van der Waals surface area contributed by atoms with E-state index in [4.69, 9.17) is 38.9 Å². The summed E-state index contributed by atoms with van der Waals surface area (Å²) in [6.45, 7) is -3.86. The van der Waals surface area contributed by atoms with Crippen LogP contribution in [0, 0.1) is 0 Å². The van der Waals surface area contributed by atoms with Crippen molar-refractivity contribution in [1.29, 1.82) is 0 Å². The smallest absolute Gasteiger partial charge is 0.328 e. The van der Waals surface area contributed by atoms with Gasteiger partial charge in [-0.25, -0.2) is 4.79 Å². The Morgan fingerprint density at radius 1 is 0.507 bits per heavy atom. The van der Waals surface area contributed by atoms with Crippen LogP contribution in [0.2, 0.25) is 0 Å². The number of aliphatic hydroxyl groups is 2. The number of aliphatic carboxylic acids is 3. The van der Waals surface area contributed by atoms with E-state index in [1.165, 1.54) is 24.3 Å². The summed E-state index contributed by atoms with van der Waals surface area (Å²) in [5, 5.41) is 73.5. The van der Waals surface area contributed by atoms with Crippen LogP contribution in [0.3, 0.4) is 0 Å². The molecule has 7 atom stereocenters. The summed E-state index contributed by atoms with van der Waals surface area (Å²) in [5.41, 5.74) is 27.4. The first-order chi connectivity index (χ1) is 33.4. The van der Waals surface area contributed by atoms with Crippen molar-refractivity contribution in [3.05, 3.63) is 29.8 Å². The van der Waals surface area contributed by atoms with Gasteiger partial charge in [0.15, 0.2) is 11.9 Å². The average molecular weight is 1010 g/mol. The molecule has 0 aliphatic rings. The lowest BCUT2D eigenvalue weighted by atomic mass is 10.0. The van der Waals surface area contributed by atoms with Gasteiger partial charge < -0.3 is 102 Å². The Morgan fingerprint density at radius 2 is 0.901 bits per heavy atom. The van der Waals surface area contributed by atoms with Gasteiger partial charge in [0.05, 0.1) is 39.1 Å². The fourth-order valence-electron chi connectivity index (χ4n) is 5.83. The van der Waals surface area contributed by atoms with Crippen LogP contribution in [-0.2, 0) is 59.2 Å². The minimum Gasteiger partial charge on any atom is -0.508 e. The number of carboxylic acids is 3. The van der Waals surface area contributed by atoms with Crippen molar-refractivity contribution >= 4 is 77.1 Å². The van der Waals surface area contributed by atoms with Crippen LogP contribution in [0.15, 0.2) is 34.3 Å². The predicted octanol–water partition coefficient (Wildman–Crippen LogP) is -9.47. The number of phenols is 1. The molecule has 8 amide bonds. The predicted molar refractivity (Wildman–Crippen MR) is 244 cm³/mol. The molecule has 32 heteroatoms. The number of guanidine groups is 2. The van der Waals surface area contributed by atoms with E-state index in [1.807, 2.05) is 16.0 Å². The number of hydrogen-bond donors (Lipinski definition) is 19. The number of carboxylic acid groups (broad SMARTS) is 3. The van der Waals surface area contributed by atoms with Gasteiger partial charge in [-0.15, -0.1) is 0 Å². The molecule has 0 spiro atoms. The number of aromatic hydroxyl groups is 1. The SMILES string of the molecule is NC(N)=NCCC[C@H](NC(=O)CNC(=O)[C@H](CC(=O)O)NC(=O)[C@@H](N)CO)C(=O)N[C@@H](Cc1ccc(O)cc1)C(=O)N[C@@H](CCCN=C(N)N)C(=O)NCC(=O)N[C@@H](CC(=O)O)C(=O)N[C@@H](CO)C(=O)O. The molecule has 0 saturated heterocycles. The van der Waals surface area contributed by atoms with Gasteiger partial charge in [0.25, 0.3) is 0 Å². The molecule has 1 aromatic carbocycles. The zero-order valence-corrected chi connectivity index (χ0v) is 38.0. The monoisotopic (exact) mass is 1010 g/mol. The first kappa shape index (κ1) is 60.6. The first-order valence-corrected chi connectivity index (χ1v) is 21.2. The van der Waals surface area contributed by atoms with Crippen molar-refractivity contribution in [3.63, 3.8) is 0 Å². The third kappa shape index (κ3) is 25.0. The van der Waals surface area contributed by atoms with E-state index in [9.17, 15) is 73.2 Å². The number of amides is 8. The van der Waals surface area contributed by atoms with Gasteiger partial charge in [0.2, 0.25) is 47.3 Å². The maximum atomic E-state index is 14.1. The van der Waals surface area contributed by atoms with Gasteiger partial charge in [-0.05, 0) is 43.4 Å². The second-order valence-electron chi connectivity index (χ2n) is 15.2.